The molecule has 5 nitrogen and oxygen atoms in total. The summed E-state index contributed by atoms with van der Waals surface area (Å²) in [6, 6.07) is 18.1. The molecule has 178 valence electrons. The third kappa shape index (κ3) is 3.60. The van der Waals surface area contributed by atoms with Gasteiger partial charge in [0.05, 0.1) is 22.9 Å². The number of hydrogen-bond acceptors (Lipinski definition) is 4. The van der Waals surface area contributed by atoms with Crippen molar-refractivity contribution in [2.75, 3.05) is 7.11 Å². The molecule has 0 amide bonds. The first-order valence-electron chi connectivity index (χ1n) is 11.5. The summed E-state index contributed by atoms with van der Waals surface area (Å²) >= 11 is 0. The zero-order valence-corrected chi connectivity index (χ0v) is 21.0. The van der Waals surface area contributed by atoms with E-state index in [2.05, 4.69) is 0 Å². The van der Waals surface area contributed by atoms with Crippen LogP contribution in [0, 0.1) is 13.8 Å². The lowest BCUT2D eigenvalue weighted by Crippen LogP contribution is -2.36. The van der Waals surface area contributed by atoms with Crippen molar-refractivity contribution >= 4 is 32.8 Å². The van der Waals surface area contributed by atoms with Crippen molar-refractivity contribution in [2.45, 2.75) is 37.5 Å². The number of aromatic nitrogens is 1. The molecule has 0 spiro atoms. The van der Waals surface area contributed by atoms with E-state index in [4.69, 9.17) is 4.74 Å². The minimum absolute atomic E-state index is 0.00668. The topological polar surface area (TPSA) is 65.4 Å². The van der Waals surface area contributed by atoms with Crippen LogP contribution in [0.2, 0.25) is 0 Å². The van der Waals surface area contributed by atoms with E-state index in [-0.39, 0.29) is 10.7 Å². The highest BCUT2D eigenvalue weighted by Gasteiger charge is 2.39. The quantitative estimate of drug-likeness (QED) is 0.369. The Hall–Kier alpha value is -3.64. The number of methoxy groups -OCH3 is 1. The SMILES string of the molecule is COc1ccc2c(c1C)C=CC(=O)[C@@]2(C)Cc1cn(S(=O)(=O)c2ccc(C)cc2)c2ccccc12. The lowest BCUT2D eigenvalue weighted by Gasteiger charge is -2.33. The second-order valence-electron chi connectivity index (χ2n) is 9.35. The van der Waals surface area contributed by atoms with Crippen LogP contribution in [-0.4, -0.2) is 25.3 Å². The predicted octanol–water partition coefficient (Wildman–Crippen LogP) is 5.60. The molecule has 0 fully saturated rings. The van der Waals surface area contributed by atoms with Crippen LogP contribution in [0.5, 0.6) is 5.75 Å². The van der Waals surface area contributed by atoms with E-state index in [0.29, 0.717) is 11.9 Å². The van der Waals surface area contributed by atoms with Gasteiger partial charge >= 0.3 is 0 Å². The molecular formula is C29H27NO4S. The number of nitrogens with zero attached hydrogens (tertiary/aromatic N) is 1. The standard InChI is InChI=1S/C29H27NO4S/c1-19-9-11-22(12-10-19)35(32,33)30-18-21(24-7-5-6-8-26(24)30)17-29(3)25-14-15-27(34-4)20(2)23(25)13-16-28(29)31/h5-16,18H,17H2,1-4H3/t29-/m0/s1. The summed E-state index contributed by atoms with van der Waals surface area (Å²) in [4.78, 5) is 13.5. The first kappa shape index (κ1) is 23.1. The van der Waals surface area contributed by atoms with Crippen LogP contribution in [0.25, 0.3) is 17.0 Å². The van der Waals surface area contributed by atoms with Crippen molar-refractivity contribution in [3.8, 4) is 5.75 Å². The van der Waals surface area contributed by atoms with Crippen LogP contribution < -0.4 is 4.74 Å². The van der Waals surface area contributed by atoms with E-state index in [1.165, 1.54) is 3.97 Å². The van der Waals surface area contributed by atoms with Crippen LogP contribution >= 0.6 is 0 Å². The maximum atomic E-state index is 13.6. The Morgan fingerprint density at radius 1 is 0.943 bits per heavy atom. The fraction of sp³-hybridized carbons (Fsp3) is 0.207. The number of ketones is 1. The van der Waals surface area contributed by atoms with E-state index in [1.807, 2.05) is 57.2 Å². The van der Waals surface area contributed by atoms with Crippen molar-refractivity contribution in [2.24, 2.45) is 0 Å². The maximum absolute atomic E-state index is 13.6. The summed E-state index contributed by atoms with van der Waals surface area (Å²) in [5.41, 5.74) is 4.42. The van der Waals surface area contributed by atoms with Gasteiger partial charge in [0.1, 0.15) is 5.75 Å². The summed E-state index contributed by atoms with van der Waals surface area (Å²) in [7, 11) is -2.18. The first-order valence-corrected chi connectivity index (χ1v) is 12.9. The summed E-state index contributed by atoms with van der Waals surface area (Å²) in [6.07, 6.45) is 5.51. The number of carbonyl (C=O) groups is 1. The Morgan fingerprint density at radius 3 is 2.37 bits per heavy atom. The smallest absolute Gasteiger partial charge is 0.268 e. The van der Waals surface area contributed by atoms with Crippen LogP contribution in [0.1, 0.15) is 34.7 Å². The molecule has 0 saturated heterocycles. The summed E-state index contributed by atoms with van der Waals surface area (Å²) < 4.78 is 34.0. The number of ether oxygens (including phenoxy) is 1. The van der Waals surface area contributed by atoms with Crippen LogP contribution in [0.4, 0.5) is 0 Å². The highest BCUT2D eigenvalue weighted by molar-refractivity contribution is 7.90. The predicted molar refractivity (Wildman–Crippen MR) is 139 cm³/mol. The largest absolute Gasteiger partial charge is 0.496 e. The van der Waals surface area contributed by atoms with Crippen molar-refractivity contribution in [1.82, 2.24) is 3.97 Å². The molecule has 3 aromatic carbocycles. The Morgan fingerprint density at radius 2 is 1.66 bits per heavy atom. The lowest BCUT2D eigenvalue weighted by atomic mass is 9.69. The van der Waals surface area contributed by atoms with Gasteiger partial charge in [0.25, 0.3) is 10.0 Å². The van der Waals surface area contributed by atoms with Crippen molar-refractivity contribution in [3.05, 3.63) is 101 Å². The van der Waals surface area contributed by atoms with Gasteiger partial charge in [-0.3, -0.25) is 4.79 Å². The van der Waals surface area contributed by atoms with Gasteiger partial charge in [-0.25, -0.2) is 12.4 Å². The molecule has 0 bridgehead atoms. The van der Waals surface area contributed by atoms with Gasteiger partial charge in [-0.2, -0.15) is 0 Å². The number of allylic oxidation sites excluding steroid dienone is 1. The fourth-order valence-electron chi connectivity index (χ4n) is 5.05. The van der Waals surface area contributed by atoms with Gasteiger partial charge in [0, 0.05) is 11.6 Å². The third-order valence-electron chi connectivity index (χ3n) is 7.11. The molecule has 1 aromatic heterocycles. The van der Waals surface area contributed by atoms with Gasteiger partial charge in [0.15, 0.2) is 5.78 Å². The second-order valence-corrected chi connectivity index (χ2v) is 11.2. The molecule has 5 rings (SSSR count). The summed E-state index contributed by atoms with van der Waals surface area (Å²) in [6.45, 7) is 5.84. The minimum atomic E-state index is -3.81. The Bertz CT molecular complexity index is 1610. The second kappa shape index (κ2) is 8.24. The van der Waals surface area contributed by atoms with Gasteiger partial charge in [0.2, 0.25) is 0 Å². The molecule has 1 aliphatic carbocycles. The molecule has 1 aliphatic rings. The number of para-hydroxylation sites is 1. The third-order valence-corrected chi connectivity index (χ3v) is 8.79. The number of carbonyl (C=O) groups excluding carboxylic acids is 1. The number of fused-ring (bicyclic) bond motifs is 2. The Balaban J connectivity index is 1.66. The fourth-order valence-corrected chi connectivity index (χ4v) is 6.44. The van der Waals surface area contributed by atoms with Gasteiger partial charge in [-0.1, -0.05) is 48.0 Å². The first-order chi connectivity index (χ1) is 16.7. The van der Waals surface area contributed by atoms with Gasteiger partial charge in [-0.05, 0) is 79.8 Å². The van der Waals surface area contributed by atoms with E-state index in [9.17, 15) is 13.2 Å². The molecule has 6 heteroatoms. The number of benzene rings is 3. The van der Waals surface area contributed by atoms with E-state index >= 15 is 0 Å². The molecule has 0 N–H and O–H groups in total. The molecule has 1 heterocycles. The molecule has 4 aromatic rings. The molecule has 1 atom stereocenters. The Kier molecular flexibility index (Phi) is 5.44. The zero-order chi connectivity index (χ0) is 25.0. The molecule has 0 saturated carbocycles. The summed E-state index contributed by atoms with van der Waals surface area (Å²) in [5.74, 6) is 0.763. The van der Waals surface area contributed by atoms with Crippen LogP contribution in [0.3, 0.4) is 0 Å². The minimum Gasteiger partial charge on any atom is -0.496 e. The number of hydrogen-bond donors (Lipinski definition) is 0. The van der Waals surface area contributed by atoms with Crippen molar-refractivity contribution in [1.29, 1.82) is 0 Å². The van der Waals surface area contributed by atoms with Gasteiger partial charge < -0.3 is 4.74 Å². The zero-order valence-electron chi connectivity index (χ0n) is 20.2. The maximum Gasteiger partial charge on any atom is 0.268 e. The lowest BCUT2D eigenvalue weighted by molar-refractivity contribution is -0.119. The van der Waals surface area contributed by atoms with Gasteiger partial charge in [-0.15, -0.1) is 0 Å². The van der Waals surface area contributed by atoms with Crippen LogP contribution in [-0.2, 0) is 26.7 Å². The van der Waals surface area contributed by atoms with Crippen molar-refractivity contribution < 1.29 is 17.9 Å². The van der Waals surface area contributed by atoms with Crippen LogP contribution in [0.15, 0.2) is 77.8 Å². The Labute approximate surface area is 205 Å². The molecule has 0 radical (unpaired) electrons. The summed E-state index contributed by atoms with van der Waals surface area (Å²) in [5, 5.41) is 0.818. The molecule has 35 heavy (non-hydrogen) atoms. The average Bonchev–Trinajstić information content (AvgIpc) is 3.21. The molecular weight excluding hydrogens is 458 g/mol. The normalized spacial score (nSPS) is 17.5. The van der Waals surface area contributed by atoms with E-state index < -0.39 is 15.4 Å². The highest BCUT2D eigenvalue weighted by atomic mass is 32.2. The van der Waals surface area contributed by atoms with E-state index in [0.717, 1.165) is 39.0 Å². The monoisotopic (exact) mass is 485 g/mol. The average molecular weight is 486 g/mol. The molecule has 0 unspecified atom stereocenters. The van der Waals surface area contributed by atoms with E-state index in [1.54, 1.807) is 49.7 Å². The van der Waals surface area contributed by atoms with Crippen molar-refractivity contribution in [3.63, 3.8) is 0 Å². The number of aryl methyl sites for hydroxylation is 1. The molecule has 0 aliphatic heterocycles. The highest BCUT2D eigenvalue weighted by Crippen LogP contribution is 2.41. The number of rotatable bonds is 5.